The van der Waals surface area contributed by atoms with Crippen molar-refractivity contribution in [2.45, 2.75) is 20.0 Å². The molecule has 1 atom stereocenters. The van der Waals surface area contributed by atoms with Gasteiger partial charge in [-0.2, -0.15) is 18.4 Å². The van der Waals surface area contributed by atoms with Crippen molar-refractivity contribution in [1.82, 2.24) is 0 Å². The van der Waals surface area contributed by atoms with Crippen LogP contribution in [0, 0.1) is 23.2 Å². The van der Waals surface area contributed by atoms with Gasteiger partial charge in [-0.25, -0.2) is 0 Å². The summed E-state index contributed by atoms with van der Waals surface area (Å²) in [5.74, 6) is -1.75. The van der Waals surface area contributed by atoms with Gasteiger partial charge in [-0.1, -0.05) is 29.8 Å². The van der Waals surface area contributed by atoms with E-state index in [1.54, 1.807) is 13.8 Å². The second kappa shape index (κ2) is 6.27. The van der Waals surface area contributed by atoms with Gasteiger partial charge >= 0.3 is 6.18 Å². The molecule has 0 saturated carbocycles. The number of alkyl halides is 3. The van der Waals surface area contributed by atoms with E-state index < -0.39 is 23.6 Å². The first-order valence-electron chi connectivity index (χ1n) is 5.74. The maximum Gasteiger partial charge on any atom is 0.417 e. The lowest BCUT2D eigenvalue weighted by Crippen LogP contribution is -2.25. The summed E-state index contributed by atoms with van der Waals surface area (Å²) >= 11 is 2.81. The van der Waals surface area contributed by atoms with Crippen LogP contribution in [-0.2, 0) is 11.0 Å². The minimum absolute atomic E-state index is 0.00595. The largest absolute Gasteiger partial charge is 0.417 e. The van der Waals surface area contributed by atoms with Gasteiger partial charge in [-0.15, -0.1) is 0 Å². The SMILES string of the molecule is CC(C)C(C#N)C(=O)Nc1ccc(Br)c(C(F)(F)F)c1. The van der Waals surface area contributed by atoms with Gasteiger partial charge < -0.3 is 5.32 Å². The number of hydrogen-bond donors (Lipinski definition) is 1. The molecule has 0 aromatic heterocycles. The smallest absolute Gasteiger partial charge is 0.325 e. The Bertz CT molecular complexity index is 550. The number of nitrogens with zero attached hydrogens (tertiary/aromatic N) is 1. The summed E-state index contributed by atoms with van der Waals surface area (Å²) in [5, 5.41) is 11.2. The zero-order chi connectivity index (χ0) is 15.5. The molecule has 1 N–H and O–H groups in total. The first-order valence-corrected chi connectivity index (χ1v) is 6.53. The van der Waals surface area contributed by atoms with Crippen LogP contribution in [0.25, 0.3) is 0 Å². The Morgan fingerprint density at radius 1 is 1.40 bits per heavy atom. The Morgan fingerprint density at radius 3 is 2.45 bits per heavy atom. The maximum absolute atomic E-state index is 12.7. The zero-order valence-electron chi connectivity index (χ0n) is 10.8. The van der Waals surface area contributed by atoms with Crippen LogP contribution in [0.4, 0.5) is 18.9 Å². The first kappa shape index (κ1) is 16.5. The molecule has 0 spiro atoms. The van der Waals surface area contributed by atoms with E-state index in [0.29, 0.717) is 0 Å². The molecule has 0 bridgehead atoms. The summed E-state index contributed by atoms with van der Waals surface area (Å²) in [6, 6.07) is 5.21. The molecule has 1 amide bonds. The van der Waals surface area contributed by atoms with Crippen LogP contribution >= 0.6 is 15.9 Å². The second-order valence-corrected chi connectivity index (χ2v) is 5.39. The lowest BCUT2D eigenvalue weighted by atomic mass is 9.96. The van der Waals surface area contributed by atoms with Crippen molar-refractivity contribution in [1.29, 1.82) is 5.26 Å². The normalized spacial score (nSPS) is 12.9. The summed E-state index contributed by atoms with van der Waals surface area (Å²) in [4.78, 5) is 11.8. The average Bonchev–Trinajstić information content (AvgIpc) is 2.30. The number of amides is 1. The van der Waals surface area contributed by atoms with Crippen molar-refractivity contribution in [3.05, 3.63) is 28.2 Å². The third-order valence-corrected chi connectivity index (χ3v) is 3.32. The Hall–Kier alpha value is -1.55. The van der Waals surface area contributed by atoms with Crippen molar-refractivity contribution in [3.8, 4) is 6.07 Å². The van der Waals surface area contributed by atoms with E-state index in [1.807, 2.05) is 6.07 Å². The van der Waals surface area contributed by atoms with Gasteiger partial charge in [0.2, 0.25) is 5.91 Å². The Kier molecular flexibility index (Phi) is 5.17. The molecule has 0 aliphatic heterocycles. The molecular formula is C13H12BrF3N2O. The predicted molar refractivity (Wildman–Crippen MR) is 71.7 cm³/mol. The highest BCUT2D eigenvalue weighted by Crippen LogP contribution is 2.36. The molecule has 1 unspecified atom stereocenters. The fraction of sp³-hybridized carbons (Fsp3) is 0.385. The molecule has 0 aliphatic carbocycles. The van der Waals surface area contributed by atoms with Crippen molar-refractivity contribution in [2.24, 2.45) is 11.8 Å². The summed E-state index contributed by atoms with van der Waals surface area (Å²) in [6.07, 6.45) is -4.52. The Balaban J connectivity index is 3.01. The van der Waals surface area contributed by atoms with E-state index in [4.69, 9.17) is 5.26 Å². The maximum atomic E-state index is 12.7. The van der Waals surface area contributed by atoms with Gasteiger partial charge in [0, 0.05) is 10.2 Å². The van der Waals surface area contributed by atoms with Crippen LogP contribution < -0.4 is 5.32 Å². The number of nitriles is 1. The molecule has 0 saturated heterocycles. The fourth-order valence-electron chi connectivity index (χ4n) is 1.55. The highest BCUT2D eigenvalue weighted by molar-refractivity contribution is 9.10. The highest BCUT2D eigenvalue weighted by Gasteiger charge is 2.33. The molecule has 3 nitrogen and oxygen atoms in total. The van der Waals surface area contributed by atoms with Crippen LogP contribution in [0.15, 0.2) is 22.7 Å². The Labute approximate surface area is 122 Å². The van der Waals surface area contributed by atoms with Gasteiger partial charge in [-0.05, 0) is 24.1 Å². The molecule has 1 aromatic rings. The monoisotopic (exact) mass is 348 g/mol. The highest BCUT2D eigenvalue weighted by atomic mass is 79.9. The van der Waals surface area contributed by atoms with Crippen LogP contribution in [0.2, 0.25) is 0 Å². The topological polar surface area (TPSA) is 52.9 Å². The van der Waals surface area contributed by atoms with E-state index in [-0.39, 0.29) is 16.1 Å². The summed E-state index contributed by atoms with van der Waals surface area (Å²) in [7, 11) is 0. The van der Waals surface area contributed by atoms with Crippen molar-refractivity contribution >= 4 is 27.5 Å². The van der Waals surface area contributed by atoms with Crippen molar-refractivity contribution in [2.75, 3.05) is 5.32 Å². The van der Waals surface area contributed by atoms with E-state index in [2.05, 4.69) is 21.2 Å². The molecule has 7 heteroatoms. The summed E-state index contributed by atoms with van der Waals surface area (Å²) in [5.41, 5.74) is -0.875. The number of hydrogen-bond acceptors (Lipinski definition) is 2. The fourth-order valence-corrected chi connectivity index (χ4v) is 2.02. The van der Waals surface area contributed by atoms with E-state index >= 15 is 0 Å². The summed E-state index contributed by atoms with van der Waals surface area (Å²) in [6.45, 7) is 3.38. The van der Waals surface area contributed by atoms with E-state index in [9.17, 15) is 18.0 Å². The zero-order valence-corrected chi connectivity index (χ0v) is 12.3. The van der Waals surface area contributed by atoms with Crippen molar-refractivity contribution < 1.29 is 18.0 Å². The van der Waals surface area contributed by atoms with Crippen LogP contribution in [-0.4, -0.2) is 5.91 Å². The number of benzene rings is 1. The molecule has 0 fully saturated rings. The summed E-state index contributed by atoms with van der Waals surface area (Å²) < 4.78 is 38.1. The Morgan fingerprint density at radius 2 is 2.00 bits per heavy atom. The lowest BCUT2D eigenvalue weighted by Gasteiger charge is -2.15. The van der Waals surface area contributed by atoms with Gasteiger partial charge in [0.25, 0.3) is 0 Å². The van der Waals surface area contributed by atoms with Gasteiger partial charge in [0.1, 0.15) is 5.92 Å². The minimum atomic E-state index is -4.52. The number of carbonyl (C=O) groups is 1. The molecular weight excluding hydrogens is 337 g/mol. The molecule has 0 radical (unpaired) electrons. The van der Waals surface area contributed by atoms with Crippen LogP contribution in [0.3, 0.4) is 0 Å². The standard InChI is InChI=1S/C13H12BrF3N2O/c1-7(2)9(6-18)12(20)19-8-3-4-11(14)10(5-8)13(15,16)17/h3-5,7,9H,1-2H3,(H,19,20). The van der Waals surface area contributed by atoms with Crippen LogP contribution in [0.1, 0.15) is 19.4 Å². The first-order chi connectivity index (χ1) is 9.16. The van der Waals surface area contributed by atoms with E-state index in [1.165, 1.54) is 12.1 Å². The molecule has 108 valence electrons. The lowest BCUT2D eigenvalue weighted by molar-refractivity contribution is -0.138. The third kappa shape index (κ3) is 3.97. The number of halogens is 4. The van der Waals surface area contributed by atoms with Gasteiger partial charge in [0.15, 0.2) is 0 Å². The number of anilines is 1. The van der Waals surface area contributed by atoms with Crippen molar-refractivity contribution in [3.63, 3.8) is 0 Å². The molecule has 20 heavy (non-hydrogen) atoms. The number of nitrogens with one attached hydrogen (secondary N) is 1. The average molecular weight is 349 g/mol. The molecule has 1 aromatic carbocycles. The number of rotatable bonds is 3. The third-order valence-electron chi connectivity index (χ3n) is 2.63. The second-order valence-electron chi connectivity index (χ2n) is 4.53. The van der Waals surface area contributed by atoms with Gasteiger partial charge in [-0.3, -0.25) is 4.79 Å². The quantitative estimate of drug-likeness (QED) is 0.889. The minimum Gasteiger partial charge on any atom is -0.325 e. The van der Waals surface area contributed by atoms with Crippen LogP contribution in [0.5, 0.6) is 0 Å². The molecule has 1 rings (SSSR count). The predicted octanol–water partition coefficient (Wildman–Crippen LogP) is 4.20. The molecule has 0 aliphatic rings. The molecule has 0 heterocycles. The van der Waals surface area contributed by atoms with Gasteiger partial charge in [0.05, 0.1) is 11.6 Å². The number of carbonyl (C=O) groups excluding carboxylic acids is 1. The van der Waals surface area contributed by atoms with E-state index in [0.717, 1.165) is 6.07 Å².